The van der Waals surface area contributed by atoms with Gasteiger partial charge in [0.15, 0.2) is 0 Å². The predicted molar refractivity (Wildman–Crippen MR) is 89.5 cm³/mol. The molecular formula is C16H14Cl2N2O2. The molecule has 114 valence electrons. The summed E-state index contributed by atoms with van der Waals surface area (Å²) in [5, 5.41) is 0.683. The summed E-state index contributed by atoms with van der Waals surface area (Å²) in [6.07, 6.45) is 3.12. The highest BCUT2D eigenvalue weighted by molar-refractivity contribution is 6.39. The van der Waals surface area contributed by atoms with Gasteiger partial charge in [0.1, 0.15) is 5.70 Å². The van der Waals surface area contributed by atoms with E-state index in [2.05, 4.69) is 0 Å². The molecule has 0 aliphatic heterocycles. The minimum absolute atomic E-state index is 0.208. The summed E-state index contributed by atoms with van der Waals surface area (Å²) in [5.74, 6) is -0.358. The molecule has 0 atom stereocenters. The molecule has 22 heavy (non-hydrogen) atoms. The minimum atomic E-state index is -0.358. The average molecular weight is 337 g/mol. The van der Waals surface area contributed by atoms with E-state index in [1.165, 1.54) is 16.7 Å². The quantitative estimate of drug-likeness (QED) is 0.634. The maximum absolute atomic E-state index is 12.8. The van der Waals surface area contributed by atoms with Crippen LogP contribution in [0.2, 0.25) is 10.0 Å². The monoisotopic (exact) mass is 336 g/mol. The Bertz CT molecular complexity index is 795. The van der Waals surface area contributed by atoms with Crippen LogP contribution >= 0.6 is 23.2 Å². The van der Waals surface area contributed by atoms with Crippen LogP contribution in [0.4, 0.5) is 0 Å². The van der Waals surface area contributed by atoms with Crippen LogP contribution in [0.1, 0.15) is 10.4 Å². The van der Waals surface area contributed by atoms with E-state index in [-0.39, 0.29) is 27.6 Å². The lowest BCUT2D eigenvalue weighted by Crippen LogP contribution is -2.23. The molecule has 0 saturated carbocycles. The van der Waals surface area contributed by atoms with Crippen molar-refractivity contribution in [2.24, 2.45) is 0 Å². The number of carbonyl (C=O) groups is 1. The summed E-state index contributed by atoms with van der Waals surface area (Å²) in [6, 6.07) is 9.32. The number of hydrogen-bond donors (Lipinski definition) is 0. The van der Waals surface area contributed by atoms with Crippen molar-refractivity contribution in [2.75, 3.05) is 14.1 Å². The molecule has 1 aromatic carbocycles. The van der Waals surface area contributed by atoms with Crippen molar-refractivity contribution in [3.63, 3.8) is 0 Å². The molecule has 0 saturated heterocycles. The molecule has 0 spiro atoms. The number of Topliss-reactive ketones (excluding diaryl/α,β-unsaturated/α-hetero) is 1. The van der Waals surface area contributed by atoms with Gasteiger partial charge >= 0.3 is 0 Å². The lowest BCUT2D eigenvalue weighted by atomic mass is 10.1. The number of halogens is 2. The van der Waals surface area contributed by atoms with Crippen molar-refractivity contribution in [1.29, 1.82) is 0 Å². The van der Waals surface area contributed by atoms with Gasteiger partial charge in [0, 0.05) is 43.1 Å². The number of hydrogen-bond acceptors (Lipinski definition) is 3. The summed E-state index contributed by atoms with van der Waals surface area (Å²) in [6.45, 7) is 0. The Labute approximate surface area is 138 Å². The van der Waals surface area contributed by atoms with E-state index in [4.69, 9.17) is 23.2 Å². The Morgan fingerprint density at radius 1 is 1.18 bits per heavy atom. The van der Waals surface area contributed by atoms with Crippen LogP contribution in [0.15, 0.2) is 53.6 Å². The van der Waals surface area contributed by atoms with E-state index in [1.54, 1.807) is 55.7 Å². The van der Waals surface area contributed by atoms with Gasteiger partial charge in [0.2, 0.25) is 5.78 Å². The van der Waals surface area contributed by atoms with Crippen molar-refractivity contribution < 1.29 is 4.79 Å². The lowest BCUT2D eigenvalue weighted by Gasteiger charge is -2.14. The van der Waals surface area contributed by atoms with Crippen LogP contribution in [-0.2, 0) is 0 Å². The fraction of sp³-hybridized carbons (Fsp3) is 0.125. The Hall–Kier alpha value is -2.04. The van der Waals surface area contributed by atoms with E-state index in [0.29, 0.717) is 5.02 Å². The molecule has 1 heterocycles. The molecule has 0 aliphatic rings. The number of rotatable bonds is 4. The third-order valence-corrected chi connectivity index (χ3v) is 3.42. The molecule has 0 unspecified atom stereocenters. The van der Waals surface area contributed by atoms with Crippen molar-refractivity contribution >= 4 is 34.7 Å². The first-order valence-electron chi connectivity index (χ1n) is 6.46. The standard InChI is InChI=1S/C16H14Cl2N2O2/c1-19(2)10-14(20-8-4-3-5-15(20)21)16(22)12-7-6-11(17)9-13(12)18/h3-10H,1-2H3. The van der Waals surface area contributed by atoms with Crippen LogP contribution in [0, 0.1) is 0 Å². The fourth-order valence-electron chi connectivity index (χ4n) is 1.91. The predicted octanol–water partition coefficient (Wildman–Crippen LogP) is 3.40. The fourth-order valence-corrected chi connectivity index (χ4v) is 2.41. The van der Waals surface area contributed by atoms with Crippen LogP contribution in [-0.4, -0.2) is 29.3 Å². The summed E-state index contributed by atoms with van der Waals surface area (Å²) >= 11 is 12.0. The zero-order valence-electron chi connectivity index (χ0n) is 12.1. The highest BCUT2D eigenvalue weighted by Gasteiger charge is 2.18. The van der Waals surface area contributed by atoms with Gasteiger partial charge in [-0.2, -0.15) is 0 Å². The largest absolute Gasteiger partial charge is 0.382 e. The van der Waals surface area contributed by atoms with Crippen molar-refractivity contribution in [1.82, 2.24) is 9.47 Å². The second-order valence-corrected chi connectivity index (χ2v) is 5.68. The summed E-state index contributed by atoms with van der Waals surface area (Å²) < 4.78 is 1.28. The molecule has 0 bridgehead atoms. The Morgan fingerprint density at radius 2 is 1.91 bits per heavy atom. The normalized spacial score (nSPS) is 11.4. The van der Waals surface area contributed by atoms with E-state index in [1.807, 2.05) is 0 Å². The Morgan fingerprint density at radius 3 is 2.50 bits per heavy atom. The van der Waals surface area contributed by atoms with Gasteiger partial charge in [-0.05, 0) is 24.3 Å². The van der Waals surface area contributed by atoms with Crippen molar-refractivity contribution in [3.05, 3.63) is 74.8 Å². The van der Waals surface area contributed by atoms with Gasteiger partial charge < -0.3 is 4.90 Å². The number of pyridine rings is 1. The van der Waals surface area contributed by atoms with Crippen LogP contribution in [0.3, 0.4) is 0 Å². The molecule has 0 amide bonds. The number of ketones is 1. The van der Waals surface area contributed by atoms with Crippen molar-refractivity contribution in [2.45, 2.75) is 0 Å². The number of aromatic nitrogens is 1. The van der Waals surface area contributed by atoms with E-state index in [0.717, 1.165) is 0 Å². The molecule has 2 rings (SSSR count). The minimum Gasteiger partial charge on any atom is -0.382 e. The van der Waals surface area contributed by atoms with Crippen LogP contribution < -0.4 is 5.56 Å². The van der Waals surface area contributed by atoms with Gasteiger partial charge in [-0.25, -0.2) is 0 Å². The average Bonchev–Trinajstić information content (AvgIpc) is 2.45. The lowest BCUT2D eigenvalue weighted by molar-refractivity contribution is 0.105. The number of nitrogens with zero attached hydrogens (tertiary/aromatic N) is 2. The zero-order chi connectivity index (χ0) is 16.3. The highest BCUT2D eigenvalue weighted by atomic mass is 35.5. The maximum atomic E-state index is 12.8. The van der Waals surface area contributed by atoms with Crippen molar-refractivity contribution in [3.8, 4) is 0 Å². The van der Waals surface area contributed by atoms with Gasteiger partial charge in [0.05, 0.1) is 5.02 Å². The maximum Gasteiger partial charge on any atom is 0.255 e. The molecule has 0 N–H and O–H groups in total. The summed E-state index contributed by atoms with van der Waals surface area (Å²) in [5.41, 5.74) is 0.198. The molecular weight excluding hydrogens is 323 g/mol. The highest BCUT2D eigenvalue weighted by Crippen LogP contribution is 2.24. The molecule has 0 fully saturated rings. The van der Waals surface area contributed by atoms with Gasteiger partial charge in [-0.3, -0.25) is 14.2 Å². The van der Waals surface area contributed by atoms with E-state index < -0.39 is 0 Å². The first-order valence-corrected chi connectivity index (χ1v) is 7.22. The third kappa shape index (κ3) is 3.59. The molecule has 0 aliphatic carbocycles. The first-order chi connectivity index (χ1) is 10.4. The molecule has 0 radical (unpaired) electrons. The summed E-state index contributed by atoms with van der Waals surface area (Å²) in [7, 11) is 3.54. The smallest absolute Gasteiger partial charge is 0.255 e. The first kappa shape index (κ1) is 16.3. The van der Waals surface area contributed by atoms with E-state index in [9.17, 15) is 9.59 Å². The van der Waals surface area contributed by atoms with Gasteiger partial charge in [0.25, 0.3) is 5.56 Å². The second kappa shape index (κ2) is 6.81. The summed E-state index contributed by atoms with van der Waals surface area (Å²) in [4.78, 5) is 26.5. The number of carbonyl (C=O) groups excluding carboxylic acids is 1. The molecule has 6 heteroatoms. The number of allylic oxidation sites excluding steroid dienone is 1. The van der Waals surface area contributed by atoms with Gasteiger partial charge in [-0.15, -0.1) is 0 Å². The zero-order valence-corrected chi connectivity index (χ0v) is 13.6. The molecule has 4 nitrogen and oxygen atoms in total. The number of benzene rings is 1. The van der Waals surface area contributed by atoms with Gasteiger partial charge in [-0.1, -0.05) is 29.3 Å². The van der Waals surface area contributed by atoms with Crippen LogP contribution in [0.25, 0.3) is 5.70 Å². The third-order valence-electron chi connectivity index (χ3n) is 2.87. The SMILES string of the molecule is CN(C)C=C(C(=O)c1ccc(Cl)cc1Cl)n1ccccc1=O. The molecule has 1 aromatic heterocycles. The van der Waals surface area contributed by atoms with Crippen LogP contribution in [0.5, 0.6) is 0 Å². The molecule has 2 aromatic rings. The topological polar surface area (TPSA) is 42.3 Å². The second-order valence-electron chi connectivity index (χ2n) is 4.84. The van der Waals surface area contributed by atoms with E-state index >= 15 is 0 Å². The Kier molecular flexibility index (Phi) is 5.06. The Balaban J connectivity index is 2.58.